The SMILES string of the molecule is CCCCOC(=O)N[C@@H](Cc1ccccc1)[C@@H](O)CCl. The molecule has 0 aromatic heterocycles. The van der Waals surface area contributed by atoms with E-state index in [1.807, 2.05) is 37.3 Å². The predicted molar refractivity (Wildman–Crippen MR) is 80.1 cm³/mol. The van der Waals surface area contributed by atoms with Gasteiger partial charge in [-0.25, -0.2) is 4.79 Å². The van der Waals surface area contributed by atoms with Gasteiger partial charge in [-0.05, 0) is 18.4 Å². The average Bonchev–Trinajstić information content (AvgIpc) is 2.47. The number of aliphatic hydroxyl groups is 1. The number of unbranched alkanes of at least 4 members (excludes halogenated alkanes) is 1. The largest absolute Gasteiger partial charge is 0.450 e. The summed E-state index contributed by atoms with van der Waals surface area (Å²) < 4.78 is 5.04. The van der Waals surface area contributed by atoms with E-state index in [1.165, 1.54) is 0 Å². The lowest BCUT2D eigenvalue weighted by molar-refractivity contribution is 0.114. The Morgan fingerprint density at radius 3 is 2.70 bits per heavy atom. The Bertz CT molecular complexity index is 386. The second-order valence-corrected chi connectivity index (χ2v) is 4.96. The van der Waals surface area contributed by atoms with Crippen molar-refractivity contribution in [3.8, 4) is 0 Å². The quantitative estimate of drug-likeness (QED) is 0.573. The fourth-order valence-corrected chi connectivity index (χ4v) is 1.98. The molecule has 2 N–H and O–H groups in total. The molecule has 0 fully saturated rings. The smallest absolute Gasteiger partial charge is 0.407 e. The first-order valence-electron chi connectivity index (χ1n) is 6.88. The number of rotatable bonds is 8. The van der Waals surface area contributed by atoms with Gasteiger partial charge < -0.3 is 15.2 Å². The van der Waals surface area contributed by atoms with Crippen LogP contribution in [0.25, 0.3) is 0 Å². The van der Waals surface area contributed by atoms with Crippen LogP contribution in [-0.2, 0) is 11.2 Å². The molecule has 0 saturated carbocycles. The summed E-state index contributed by atoms with van der Waals surface area (Å²) in [7, 11) is 0. The van der Waals surface area contributed by atoms with Crippen molar-refractivity contribution in [3.63, 3.8) is 0 Å². The minimum atomic E-state index is -0.810. The first kappa shape index (κ1) is 16.8. The van der Waals surface area contributed by atoms with E-state index in [9.17, 15) is 9.90 Å². The molecule has 4 nitrogen and oxygen atoms in total. The van der Waals surface area contributed by atoms with Crippen molar-refractivity contribution in [3.05, 3.63) is 35.9 Å². The number of halogens is 1. The lowest BCUT2D eigenvalue weighted by Gasteiger charge is -2.22. The van der Waals surface area contributed by atoms with Crippen LogP contribution in [-0.4, -0.2) is 35.8 Å². The second kappa shape index (κ2) is 9.61. The lowest BCUT2D eigenvalue weighted by Crippen LogP contribution is -2.46. The molecule has 0 aliphatic heterocycles. The zero-order valence-corrected chi connectivity index (χ0v) is 12.5. The van der Waals surface area contributed by atoms with Crippen molar-refractivity contribution in [1.82, 2.24) is 5.32 Å². The van der Waals surface area contributed by atoms with Crippen molar-refractivity contribution in [2.75, 3.05) is 12.5 Å². The standard InChI is InChI=1S/C15H22ClNO3/c1-2-3-9-20-15(19)17-13(14(18)11-16)10-12-7-5-4-6-8-12/h4-8,13-14,18H,2-3,9-11H2,1H3,(H,17,19)/t13-,14-/m0/s1. The maximum absolute atomic E-state index is 11.7. The fourth-order valence-electron chi connectivity index (χ4n) is 1.76. The van der Waals surface area contributed by atoms with Crippen molar-refractivity contribution in [1.29, 1.82) is 0 Å². The van der Waals surface area contributed by atoms with Gasteiger partial charge in [-0.3, -0.25) is 0 Å². The highest BCUT2D eigenvalue weighted by atomic mass is 35.5. The van der Waals surface area contributed by atoms with E-state index >= 15 is 0 Å². The normalized spacial score (nSPS) is 13.6. The van der Waals surface area contributed by atoms with Gasteiger partial charge in [-0.1, -0.05) is 43.7 Å². The molecule has 1 rings (SSSR count). The molecule has 112 valence electrons. The van der Waals surface area contributed by atoms with Crippen LogP contribution in [0, 0.1) is 0 Å². The number of carbonyl (C=O) groups excluding carboxylic acids is 1. The molecular weight excluding hydrogens is 278 g/mol. The van der Waals surface area contributed by atoms with Crippen LogP contribution in [0.4, 0.5) is 4.79 Å². The summed E-state index contributed by atoms with van der Waals surface area (Å²) >= 11 is 5.68. The number of nitrogens with one attached hydrogen (secondary N) is 1. The summed E-state index contributed by atoms with van der Waals surface area (Å²) in [5.41, 5.74) is 1.02. The van der Waals surface area contributed by atoms with Crippen LogP contribution in [0.2, 0.25) is 0 Å². The molecule has 20 heavy (non-hydrogen) atoms. The van der Waals surface area contributed by atoms with Gasteiger partial charge in [0.25, 0.3) is 0 Å². The number of benzene rings is 1. The van der Waals surface area contributed by atoms with Crippen LogP contribution in [0.5, 0.6) is 0 Å². The number of carbonyl (C=O) groups is 1. The van der Waals surface area contributed by atoms with Gasteiger partial charge in [0.05, 0.1) is 24.6 Å². The number of amides is 1. The summed E-state index contributed by atoms with van der Waals surface area (Å²) in [5, 5.41) is 12.6. The Morgan fingerprint density at radius 1 is 1.40 bits per heavy atom. The Hall–Kier alpha value is -1.26. The third-order valence-corrected chi connectivity index (χ3v) is 3.27. The monoisotopic (exact) mass is 299 g/mol. The fraction of sp³-hybridized carbons (Fsp3) is 0.533. The Balaban J connectivity index is 2.54. The highest BCUT2D eigenvalue weighted by Gasteiger charge is 2.21. The summed E-state index contributed by atoms with van der Waals surface area (Å²) in [6.45, 7) is 2.41. The minimum Gasteiger partial charge on any atom is -0.450 e. The molecule has 5 heteroatoms. The van der Waals surface area contributed by atoms with Gasteiger partial charge in [-0.15, -0.1) is 11.6 Å². The first-order valence-corrected chi connectivity index (χ1v) is 7.42. The molecule has 0 heterocycles. The number of aliphatic hydroxyl groups excluding tert-OH is 1. The van der Waals surface area contributed by atoms with Crippen LogP contribution in [0.1, 0.15) is 25.3 Å². The van der Waals surface area contributed by atoms with Crippen molar-refractivity contribution < 1.29 is 14.6 Å². The Kier molecular flexibility index (Phi) is 8.07. The molecular formula is C15H22ClNO3. The van der Waals surface area contributed by atoms with E-state index in [1.54, 1.807) is 0 Å². The first-order chi connectivity index (χ1) is 9.67. The van der Waals surface area contributed by atoms with Gasteiger partial charge in [0.1, 0.15) is 0 Å². The van der Waals surface area contributed by atoms with E-state index in [4.69, 9.17) is 16.3 Å². The number of hydrogen-bond acceptors (Lipinski definition) is 3. The minimum absolute atomic E-state index is 0.0622. The van der Waals surface area contributed by atoms with E-state index < -0.39 is 18.2 Å². The Morgan fingerprint density at radius 2 is 2.10 bits per heavy atom. The molecule has 1 aromatic carbocycles. The molecule has 0 aliphatic carbocycles. The topological polar surface area (TPSA) is 58.6 Å². The molecule has 2 atom stereocenters. The maximum Gasteiger partial charge on any atom is 0.407 e. The van der Waals surface area contributed by atoms with Gasteiger partial charge in [0, 0.05) is 0 Å². The van der Waals surface area contributed by atoms with Crippen LogP contribution in [0.15, 0.2) is 30.3 Å². The molecule has 0 unspecified atom stereocenters. The summed E-state index contributed by atoms with van der Waals surface area (Å²) in [6.07, 6.45) is 0.983. The van der Waals surface area contributed by atoms with Crippen LogP contribution >= 0.6 is 11.6 Å². The Labute approximate surface area is 125 Å². The molecule has 0 aliphatic rings. The zero-order valence-electron chi connectivity index (χ0n) is 11.7. The number of alkyl carbamates (subject to hydrolysis) is 1. The second-order valence-electron chi connectivity index (χ2n) is 4.65. The van der Waals surface area contributed by atoms with Gasteiger partial charge in [-0.2, -0.15) is 0 Å². The van der Waals surface area contributed by atoms with E-state index in [-0.39, 0.29) is 5.88 Å². The highest BCUT2D eigenvalue weighted by Crippen LogP contribution is 2.08. The van der Waals surface area contributed by atoms with Crippen molar-refractivity contribution >= 4 is 17.7 Å². The molecule has 1 aromatic rings. The van der Waals surface area contributed by atoms with Crippen LogP contribution in [0.3, 0.4) is 0 Å². The van der Waals surface area contributed by atoms with Crippen molar-refractivity contribution in [2.45, 2.75) is 38.3 Å². The molecule has 0 bridgehead atoms. The predicted octanol–water partition coefficient (Wildman–Crippen LogP) is 2.72. The summed E-state index contributed by atoms with van der Waals surface area (Å²) in [6, 6.07) is 9.18. The summed E-state index contributed by atoms with van der Waals surface area (Å²) in [4.78, 5) is 11.7. The van der Waals surface area contributed by atoms with Gasteiger partial charge in [0.2, 0.25) is 0 Å². The van der Waals surface area contributed by atoms with Crippen molar-refractivity contribution in [2.24, 2.45) is 0 Å². The molecule has 0 spiro atoms. The van der Waals surface area contributed by atoms with Gasteiger partial charge in [0.15, 0.2) is 0 Å². The number of hydrogen-bond donors (Lipinski definition) is 2. The van der Waals surface area contributed by atoms with E-state index in [0.29, 0.717) is 13.0 Å². The summed E-state index contributed by atoms with van der Waals surface area (Å²) in [5.74, 6) is 0.0622. The van der Waals surface area contributed by atoms with Crippen LogP contribution < -0.4 is 5.32 Å². The average molecular weight is 300 g/mol. The maximum atomic E-state index is 11.7. The third-order valence-electron chi connectivity index (χ3n) is 2.96. The third kappa shape index (κ3) is 6.26. The molecule has 0 saturated heterocycles. The number of alkyl halides is 1. The van der Waals surface area contributed by atoms with E-state index in [2.05, 4.69) is 5.32 Å². The molecule has 1 amide bonds. The van der Waals surface area contributed by atoms with Gasteiger partial charge >= 0.3 is 6.09 Å². The number of ether oxygens (including phenoxy) is 1. The zero-order chi connectivity index (χ0) is 14.8. The lowest BCUT2D eigenvalue weighted by atomic mass is 10.0. The molecule has 0 radical (unpaired) electrons. The highest BCUT2D eigenvalue weighted by molar-refractivity contribution is 6.18. The van der Waals surface area contributed by atoms with E-state index in [0.717, 1.165) is 18.4 Å².